The molecule has 1 heterocycles. The number of halogens is 3. The van der Waals surface area contributed by atoms with Gasteiger partial charge in [-0.2, -0.15) is 0 Å². The molecule has 2 atom stereocenters. The number of amides is 1. The first-order chi connectivity index (χ1) is 9.86. The largest absolute Gasteiger partial charge is 0.480 e. The predicted octanol–water partition coefficient (Wildman–Crippen LogP) is 3.00. The van der Waals surface area contributed by atoms with Crippen LogP contribution in [0.5, 0.6) is 0 Å². The van der Waals surface area contributed by atoms with Crippen molar-refractivity contribution in [2.45, 2.75) is 24.8 Å². The lowest BCUT2D eigenvalue weighted by Gasteiger charge is -2.26. The average Bonchev–Trinajstić information content (AvgIpc) is 2.86. The van der Waals surface area contributed by atoms with Crippen LogP contribution in [0.3, 0.4) is 0 Å². The van der Waals surface area contributed by atoms with E-state index in [0.717, 1.165) is 4.90 Å². The van der Waals surface area contributed by atoms with E-state index in [1.165, 1.54) is 11.8 Å². The second-order valence-corrected chi connectivity index (χ2v) is 6.13. The molecule has 0 bridgehead atoms. The van der Waals surface area contributed by atoms with Crippen LogP contribution in [0.1, 0.15) is 23.7 Å². The normalized spacial score (nSPS) is 21.6. The number of carbonyl (C=O) groups is 2. The van der Waals surface area contributed by atoms with Crippen molar-refractivity contribution in [3.8, 4) is 0 Å². The van der Waals surface area contributed by atoms with Crippen molar-refractivity contribution in [2.75, 3.05) is 5.75 Å². The van der Waals surface area contributed by atoms with Crippen molar-refractivity contribution in [3.05, 3.63) is 34.4 Å². The molecule has 114 valence electrons. The maximum atomic E-state index is 13.8. The predicted molar refractivity (Wildman–Crippen MR) is 75.5 cm³/mol. The van der Waals surface area contributed by atoms with E-state index in [1.807, 2.05) is 0 Å². The molecule has 1 amide bonds. The van der Waals surface area contributed by atoms with Crippen LogP contribution >= 0.6 is 23.4 Å². The van der Waals surface area contributed by atoms with Crippen molar-refractivity contribution in [1.82, 2.24) is 4.90 Å². The molecule has 21 heavy (non-hydrogen) atoms. The zero-order chi connectivity index (χ0) is 15.7. The summed E-state index contributed by atoms with van der Waals surface area (Å²) in [6.07, 6.45) is 0.512. The number of carbonyl (C=O) groups excluding carboxylic acids is 1. The van der Waals surface area contributed by atoms with E-state index in [4.69, 9.17) is 16.7 Å². The fourth-order valence-corrected chi connectivity index (χ4v) is 3.66. The molecular formula is C13H12ClF2NO3S. The van der Waals surface area contributed by atoms with Crippen LogP contribution in [0.25, 0.3) is 0 Å². The summed E-state index contributed by atoms with van der Waals surface area (Å²) < 4.78 is 27.3. The maximum absolute atomic E-state index is 13.8. The van der Waals surface area contributed by atoms with Gasteiger partial charge in [-0.05, 0) is 18.6 Å². The average molecular weight is 336 g/mol. The molecule has 8 heteroatoms. The zero-order valence-electron chi connectivity index (χ0n) is 11.0. The molecule has 1 fully saturated rings. The van der Waals surface area contributed by atoms with Gasteiger partial charge in [-0.15, -0.1) is 11.8 Å². The van der Waals surface area contributed by atoms with Gasteiger partial charge in [0.2, 0.25) is 0 Å². The van der Waals surface area contributed by atoms with Crippen LogP contribution in [0, 0.1) is 11.6 Å². The minimum atomic E-state index is -1.17. The highest BCUT2D eigenvalue weighted by molar-refractivity contribution is 8.00. The summed E-state index contributed by atoms with van der Waals surface area (Å²) in [6, 6.07) is 0.365. The summed E-state index contributed by atoms with van der Waals surface area (Å²) in [5.41, 5.74) is -0.510. The highest BCUT2D eigenvalue weighted by Gasteiger charge is 2.41. The van der Waals surface area contributed by atoms with E-state index in [0.29, 0.717) is 18.6 Å². The Balaban J connectivity index is 2.41. The maximum Gasteiger partial charge on any atom is 0.327 e. The second-order valence-electron chi connectivity index (χ2n) is 4.51. The molecule has 1 N–H and O–H groups in total. The number of benzene rings is 1. The molecular weight excluding hydrogens is 324 g/mol. The molecule has 4 nitrogen and oxygen atoms in total. The number of thioether (sulfide) groups is 1. The third-order valence-corrected chi connectivity index (χ3v) is 4.94. The summed E-state index contributed by atoms with van der Waals surface area (Å²) in [4.78, 5) is 24.7. The molecule has 1 aromatic rings. The van der Waals surface area contributed by atoms with E-state index in [-0.39, 0.29) is 11.1 Å². The van der Waals surface area contributed by atoms with Gasteiger partial charge < -0.3 is 10.0 Å². The first-order valence-electron chi connectivity index (χ1n) is 6.18. The van der Waals surface area contributed by atoms with Gasteiger partial charge in [0.05, 0.1) is 16.0 Å². The van der Waals surface area contributed by atoms with E-state index >= 15 is 0 Å². The Bertz CT molecular complexity index is 599. The first-order valence-corrected chi connectivity index (χ1v) is 7.61. The third kappa shape index (κ3) is 2.98. The molecule has 0 aliphatic carbocycles. The van der Waals surface area contributed by atoms with Gasteiger partial charge in [-0.25, -0.2) is 13.6 Å². The van der Waals surface area contributed by atoms with Crippen LogP contribution in [0.4, 0.5) is 8.78 Å². The Kier molecular flexibility index (Phi) is 4.73. The smallest absolute Gasteiger partial charge is 0.327 e. The summed E-state index contributed by atoms with van der Waals surface area (Å²) >= 11 is 6.75. The number of hydrogen-bond donors (Lipinski definition) is 1. The van der Waals surface area contributed by atoms with Gasteiger partial charge in [0.15, 0.2) is 0 Å². The van der Waals surface area contributed by atoms with Gasteiger partial charge in [0.25, 0.3) is 5.91 Å². The van der Waals surface area contributed by atoms with Gasteiger partial charge in [-0.3, -0.25) is 4.79 Å². The van der Waals surface area contributed by atoms with Crippen molar-refractivity contribution in [1.29, 1.82) is 0 Å². The fourth-order valence-electron chi connectivity index (χ4n) is 2.17. The number of rotatable bonds is 3. The molecule has 1 saturated heterocycles. The molecule has 2 unspecified atom stereocenters. The number of carboxylic acids is 1. The van der Waals surface area contributed by atoms with E-state index < -0.39 is 40.1 Å². The molecule has 1 aromatic carbocycles. The lowest BCUT2D eigenvalue weighted by molar-refractivity contribution is -0.141. The summed E-state index contributed by atoms with van der Waals surface area (Å²) in [6.45, 7) is 1.79. The highest BCUT2D eigenvalue weighted by atomic mass is 35.5. The van der Waals surface area contributed by atoms with Gasteiger partial charge in [-0.1, -0.05) is 18.5 Å². The molecule has 2 rings (SSSR count). The Hall–Kier alpha value is -1.34. The van der Waals surface area contributed by atoms with Crippen LogP contribution in [0.15, 0.2) is 12.1 Å². The number of carboxylic acid groups (broad SMARTS) is 1. The zero-order valence-corrected chi connectivity index (χ0v) is 12.5. The number of nitrogens with zero attached hydrogens (tertiary/aromatic N) is 1. The molecule has 1 aliphatic rings. The Morgan fingerprint density at radius 3 is 2.67 bits per heavy atom. The van der Waals surface area contributed by atoms with E-state index in [2.05, 4.69) is 0 Å². The summed E-state index contributed by atoms with van der Waals surface area (Å²) in [5, 5.41) is 8.36. The van der Waals surface area contributed by atoms with Gasteiger partial charge in [0, 0.05) is 5.75 Å². The van der Waals surface area contributed by atoms with Crippen LogP contribution in [-0.4, -0.2) is 39.1 Å². The van der Waals surface area contributed by atoms with Crippen molar-refractivity contribution in [3.63, 3.8) is 0 Å². The van der Waals surface area contributed by atoms with Crippen molar-refractivity contribution >= 4 is 35.2 Å². The van der Waals surface area contributed by atoms with Crippen molar-refractivity contribution in [2.24, 2.45) is 0 Å². The number of aliphatic carboxylic acids is 1. The molecule has 0 radical (unpaired) electrons. The Morgan fingerprint density at radius 2 is 2.10 bits per heavy atom. The highest BCUT2D eigenvalue weighted by Crippen LogP contribution is 2.33. The molecule has 1 aliphatic heterocycles. The Morgan fingerprint density at radius 1 is 1.43 bits per heavy atom. The molecule has 0 spiro atoms. The van der Waals surface area contributed by atoms with Crippen LogP contribution < -0.4 is 0 Å². The topological polar surface area (TPSA) is 57.6 Å². The van der Waals surface area contributed by atoms with Gasteiger partial charge >= 0.3 is 5.97 Å². The van der Waals surface area contributed by atoms with Crippen LogP contribution in [0.2, 0.25) is 5.02 Å². The molecule has 0 saturated carbocycles. The lowest BCUT2D eigenvalue weighted by atomic mass is 10.1. The number of hydrogen-bond acceptors (Lipinski definition) is 3. The summed E-state index contributed by atoms with van der Waals surface area (Å²) in [7, 11) is 0. The van der Waals surface area contributed by atoms with Crippen LogP contribution in [-0.2, 0) is 4.79 Å². The first kappa shape index (κ1) is 16.0. The van der Waals surface area contributed by atoms with Gasteiger partial charge in [0.1, 0.15) is 17.7 Å². The standard InChI is InChI=1S/C13H12ClF2NO3S/c1-2-11-17(10(5-21-11)13(19)20)12(18)6-3-9(16)7(14)4-8(6)15/h3-4,10-11H,2,5H2,1H3,(H,19,20). The monoisotopic (exact) mass is 335 g/mol. The SMILES string of the molecule is CCC1SCC(C(=O)O)N1C(=O)c1cc(F)c(Cl)cc1F. The van der Waals surface area contributed by atoms with E-state index in [1.54, 1.807) is 6.92 Å². The summed E-state index contributed by atoms with van der Waals surface area (Å²) in [5.74, 6) is -3.68. The quantitative estimate of drug-likeness (QED) is 0.863. The minimum Gasteiger partial charge on any atom is -0.480 e. The van der Waals surface area contributed by atoms with Crippen molar-refractivity contribution < 1.29 is 23.5 Å². The second kappa shape index (κ2) is 6.19. The Labute approximate surface area is 129 Å². The lowest BCUT2D eigenvalue weighted by Crippen LogP contribution is -2.45. The van der Waals surface area contributed by atoms with E-state index in [9.17, 15) is 18.4 Å². The molecule has 0 aromatic heterocycles. The fraction of sp³-hybridized carbons (Fsp3) is 0.385. The third-order valence-electron chi connectivity index (χ3n) is 3.20. The minimum absolute atomic E-state index is 0.220.